The second-order valence-electron chi connectivity index (χ2n) is 7.20. The minimum absolute atomic E-state index is 0.129. The predicted molar refractivity (Wildman–Crippen MR) is 126 cm³/mol. The fourth-order valence-corrected chi connectivity index (χ4v) is 4.39. The van der Waals surface area contributed by atoms with Gasteiger partial charge in [0.05, 0.1) is 23.1 Å². The van der Waals surface area contributed by atoms with Crippen molar-refractivity contribution in [3.8, 4) is 0 Å². The van der Waals surface area contributed by atoms with Gasteiger partial charge in [0.1, 0.15) is 11.6 Å². The monoisotopic (exact) mass is 448 g/mol. The van der Waals surface area contributed by atoms with Crippen molar-refractivity contribution in [1.82, 2.24) is 24.7 Å². The minimum Gasteiger partial charge on any atom is -0.325 e. The first kappa shape index (κ1) is 21.8. The van der Waals surface area contributed by atoms with Crippen molar-refractivity contribution in [2.75, 3.05) is 5.32 Å². The average molecular weight is 449 g/mol. The van der Waals surface area contributed by atoms with E-state index in [1.165, 1.54) is 11.8 Å². The number of hydrogen-bond donors (Lipinski definition) is 2. The van der Waals surface area contributed by atoms with Crippen molar-refractivity contribution in [3.05, 3.63) is 76.1 Å². The molecule has 0 saturated heterocycles. The van der Waals surface area contributed by atoms with E-state index in [4.69, 9.17) is 0 Å². The van der Waals surface area contributed by atoms with E-state index in [2.05, 4.69) is 32.4 Å². The third-order valence-electron chi connectivity index (χ3n) is 5.10. The minimum atomic E-state index is -0.159. The SMILES string of the molecule is CCc1ccccc1NC(=O)Cc1nnc(SCc2nc3ccccc3c(=O)[nH]2)n1CC. The lowest BCUT2D eigenvalue weighted by atomic mass is 10.1. The Kier molecular flexibility index (Phi) is 6.65. The van der Waals surface area contributed by atoms with Gasteiger partial charge in [0.15, 0.2) is 5.16 Å². The largest absolute Gasteiger partial charge is 0.325 e. The molecule has 0 radical (unpaired) electrons. The third kappa shape index (κ3) is 4.72. The van der Waals surface area contributed by atoms with Crippen molar-refractivity contribution in [2.24, 2.45) is 0 Å². The van der Waals surface area contributed by atoms with Crippen LogP contribution in [-0.2, 0) is 29.9 Å². The van der Waals surface area contributed by atoms with Gasteiger partial charge in [0.2, 0.25) is 5.91 Å². The van der Waals surface area contributed by atoms with E-state index in [1.54, 1.807) is 6.07 Å². The van der Waals surface area contributed by atoms with Crippen LogP contribution in [0.5, 0.6) is 0 Å². The molecule has 0 saturated carbocycles. The molecule has 4 aromatic rings. The highest BCUT2D eigenvalue weighted by Crippen LogP contribution is 2.22. The molecule has 0 fully saturated rings. The zero-order valence-electron chi connectivity index (χ0n) is 18.0. The van der Waals surface area contributed by atoms with Gasteiger partial charge in [-0.15, -0.1) is 10.2 Å². The average Bonchev–Trinajstić information content (AvgIpc) is 3.19. The molecular weight excluding hydrogens is 424 g/mol. The number of carbonyl (C=O) groups is 1. The highest BCUT2D eigenvalue weighted by molar-refractivity contribution is 7.98. The van der Waals surface area contributed by atoms with E-state index in [9.17, 15) is 9.59 Å². The number of fused-ring (bicyclic) bond motifs is 1. The fourth-order valence-electron chi connectivity index (χ4n) is 3.50. The Morgan fingerprint density at radius 2 is 1.88 bits per heavy atom. The summed E-state index contributed by atoms with van der Waals surface area (Å²) in [5.74, 6) is 1.47. The fraction of sp³-hybridized carbons (Fsp3) is 0.261. The summed E-state index contributed by atoms with van der Waals surface area (Å²) >= 11 is 1.42. The Labute approximate surface area is 189 Å². The molecule has 0 spiro atoms. The van der Waals surface area contributed by atoms with Gasteiger partial charge in [-0.05, 0) is 37.1 Å². The first-order valence-corrected chi connectivity index (χ1v) is 11.5. The van der Waals surface area contributed by atoms with E-state index in [0.29, 0.717) is 40.0 Å². The number of hydrogen-bond acceptors (Lipinski definition) is 6. The maximum absolute atomic E-state index is 12.6. The Balaban J connectivity index is 1.46. The Bertz CT molecular complexity index is 1310. The molecule has 8 nitrogen and oxygen atoms in total. The highest BCUT2D eigenvalue weighted by Gasteiger charge is 2.16. The van der Waals surface area contributed by atoms with Crippen LogP contribution in [0.3, 0.4) is 0 Å². The number of aromatic nitrogens is 5. The van der Waals surface area contributed by atoms with Gasteiger partial charge in [-0.2, -0.15) is 0 Å². The summed E-state index contributed by atoms with van der Waals surface area (Å²) in [6.45, 7) is 4.67. The number of anilines is 1. The van der Waals surface area contributed by atoms with Gasteiger partial charge in [0, 0.05) is 12.2 Å². The van der Waals surface area contributed by atoms with Crippen LogP contribution < -0.4 is 10.9 Å². The van der Waals surface area contributed by atoms with E-state index in [-0.39, 0.29) is 17.9 Å². The van der Waals surface area contributed by atoms with Crippen molar-refractivity contribution in [2.45, 2.75) is 44.1 Å². The summed E-state index contributed by atoms with van der Waals surface area (Å²) in [6, 6.07) is 15.0. The van der Waals surface area contributed by atoms with Crippen LogP contribution in [0.1, 0.15) is 31.1 Å². The van der Waals surface area contributed by atoms with Crippen LogP contribution in [-0.4, -0.2) is 30.6 Å². The van der Waals surface area contributed by atoms with Crippen LogP contribution in [0.4, 0.5) is 5.69 Å². The number of thioether (sulfide) groups is 1. The summed E-state index contributed by atoms with van der Waals surface area (Å²) in [4.78, 5) is 32.2. The number of aromatic amines is 1. The number of benzene rings is 2. The first-order valence-electron chi connectivity index (χ1n) is 10.5. The van der Waals surface area contributed by atoms with Gasteiger partial charge >= 0.3 is 0 Å². The smallest absolute Gasteiger partial charge is 0.258 e. The van der Waals surface area contributed by atoms with Crippen LogP contribution in [0, 0.1) is 0 Å². The quantitative estimate of drug-likeness (QED) is 0.399. The molecule has 2 heterocycles. The zero-order chi connectivity index (χ0) is 22.5. The van der Waals surface area contributed by atoms with E-state index in [1.807, 2.05) is 54.0 Å². The van der Waals surface area contributed by atoms with E-state index in [0.717, 1.165) is 17.7 Å². The first-order chi connectivity index (χ1) is 15.6. The molecule has 0 unspecified atom stereocenters. The van der Waals surface area contributed by atoms with Crippen molar-refractivity contribution in [1.29, 1.82) is 0 Å². The molecular formula is C23H24N6O2S. The molecule has 4 rings (SSSR count). The third-order valence-corrected chi connectivity index (χ3v) is 6.08. The molecule has 0 aliphatic heterocycles. The summed E-state index contributed by atoms with van der Waals surface area (Å²) in [5, 5.41) is 12.7. The van der Waals surface area contributed by atoms with E-state index >= 15 is 0 Å². The Morgan fingerprint density at radius 3 is 2.69 bits per heavy atom. The number of H-pyrrole nitrogens is 1. The molecule has 9 heteroatoms. The summed E-state index contributed by atoms with van der Waals surface area (Å²) in [6.07, 6.45) is 0.970. The second-order valence-corrected chi connectivity index (χ2v) is 8.14. The number of carbonyl (C=O) groups excluding carboxylic acids is 1. The molecule has 32 heavy (non-hydrogen) atoms. The number of amides is 1. The number of para-hydroxylation sites is 2. The lowest BCUT2D eigenvalue weighted by Crippen LogP contribution is -2.18. The van der Waals surface area contributed by atoms with Gasteiger partial charge in [-0.1, -0.05) is 49.0 Å². The molecule has 164 valence electrons. The van der Waals surface area contributed by atoms with Gasteiger partial charge in [-0.25, -0.2) is 4.98 Å². The standard InChI is InChI=1S/C23H24N6O2S/c1-3-15-9-5-7-11-17(15)25-21(30)13-20-27-28-23(29(20)4-2)32-14-19-24-18-12-8-6-10-16(18)22(31)26-19/h5-12H,3-4,13-14H2,1-2H3,(H,25,30)(H,24,26,31). The molecule has 2 aromatic heterocycles. The summed E-state index contributed by atoms with van der Waals surface area (Å²) < 4.78 is 1.91. The predicted octanol–water partition coefficient (Wildman–Crippen LogP) is 3.57. The van der Waals surface area contributed by atoms with Crippen LogP contribution in [0.25, 0.3) is 10.9 Å². The maximum Gasteiger partial charge on any atom is 0.258 e. The molecule has 1 amide bonds. The number of nitrogens with zero attached hydrogens (tertiary/aromatic N) is 4. The van der Waals surface area contributed by atoms with E-state index < -0.39 is 0 Å². The van der Waals surface area contributed by atoms with Crippen LogP contribution in [0.2, 0.25) is 0 Å². The molecule has 2 N–H and O–H groups in total. The zero-order valence-corrected chi connectivity index (χ0v) is 18.8. The topological polar surface area (TPSA) is 106 Å². The molecule has 2 aromatic carbocycles. The number of aryl methyl sites for hydroxylation is 1. The molecule has 0 atom stereocenters. The van der Waals surface area contributed by atoms with Crippen molar-refractivity contribution < 1.29 is 4.79 Å². The number of nitrogens with one attached hydrogen (secondary N) is 2. The normalized spacial score (nSPS) is 11.1. The highest BCUT2D eigenvalue weighted by atomic mass is 32.2. The number of rotatable bonds is 8. The molecule has 0 aliphatic rings. The second kappa shape index (κ2) is 9.78. The lowest BCUT2D eigenvalue weighted by Gasteiger charge is -2.10. The Hall–Kier alpha value is -3.46. The van der Waals surface area contributed by atoms with Crippen molar-refractivity contribution >= 4 is 34.3 Å². The van der Waals surface area contributed by atoms with Crippen LogP contribution >= 0.6 is 11.8 Å². The lowest BCUT2D eigenvalue weighted by molar-refractivity contribution is -0.115. The van der Waals surface area contributed by atoms with Gasteiger partial charge in [0.25, 0.3) is 5.56 Å². The summed E-state index contributed by atoms with van der Waals surface area (Å²) in [5.41, 5.74) is 2.41. The van der Waals surface area contributed by atoms with Gasteiger partial charge < -0.3 is 14.9 Å². The molecule has 0 aliphatic carbocycles. The Morgan fingerprint density at radius 1 is 1.09 bits per heavy atom. The van der Waals surface area contributed by atoms with Gasteiger partial charge in [-0.3, -0.25) is 9.59 Å². The molecule has 0 bridgehead atoms. The van der Waals surface area contributed by atoms with Crippen LogP contribution in [0.15, 0.2) is 58.5 Å². The van der Waals surface area contributed by atoms with Crippen molar-refractivity contribution in [3.63, 3.8) is 0 Å². The summed E-state index contributed by atoms with van der Waals surface area (Å²) in [7, 11) is 0. The maximum atomic E-state index is 12.6.